The molecule has 0 aliphatic heterocycles. The zero-order chi connectivity index (χ0) is 23.7. The van der Waals surface area contributed by atoms with Crippen LogP contribution < -0.4 is 4.74 Å². The Hall–Kier alpha value is -3.45. The number of ether oxygens (including phenoxy) is 1. The predicted molar refractivity (Wildman–Crippen MR) is 132 cm³/mol. The van der Waals surface area contributed by atoms with E-state index in [0.29, 0.717) is 47.5 Å². The fraction of sp³-hybridized carbons (Fsp3) is 0.308. The van der Waals surface area contributed by atoms with E-state index in [0.717, 1.165) is 35.4 Å². The van der Waals surface area contributed by atoms with Crippen molar-refractivity contribution in [1.82, 2.24) is 24.6 Å². The van der Waals surface area contributed by atoms with E-state index in [-0.39, 0.29) is 5.91 Å². The Balaban J connectivity index is 1.38. The van der Waals surface area contributed by atoms with Gasteiger partial charge in [0.25, 0.3) is 5.91 Å². The Kier molecular flexibility index (Phi) is 6.20. The first-order valence-corrected chi connectivity index (χ1v) is 11.8. The molecule has 174 valence electrons. The molecule has 4 aromatic rings. The van der Waals surface area contributed by atoms with E-state index >= 15 is 0 Å². The van der Waals surface area contributed by atoms with Crippen LogP contribution in [-0.4, -0.2) is 50.8 Å². The lowest BCUT2D eigenvalue weighted by Gasteiger charge is -2.18. The average molecular weight is 476 g/mol. The number of halogens is 1. The van der Waals surface area contributed by atoms with Gasteiger partial charge in [0.2, 0.25) is 0 Å². The van der Waals surface area contributed by atoms with Crippen LogP contribution in [0.5, 0.6) is 5.75 Å². The summed E-state index contributed by atoms with van der Waals surface area (Å²) in [5.74, 6) is 1.82. The number of carbonyl (C=O) groups is 1. The first-order chi connectivity index (χ1) is 16.5. The molecule has 0 spiro atoms. The molecular formula is C26H26ClN5O2. The highest BCUT2D eigenvalue weighted by atomic mass is 35.5. The van der Waals surface area contributed by atoms with Gasteiger partial charge >= 0.3 is 0 Å². The van der Waals surface area contributed by atoms with Gasteiger partial charge in [-0.1, -0.05) is 17.7 Å². The van der Waals surface area contributed by atoms with Gasteiger partial charge in [-0.2, -0.15) is 9.78 Å². The summed E-state index contributed by atoms with van der Waals surface area (Å²) in [6.45, 7) is 2.99. The highest BCUT2D eigenvalue weighted by Crippen LogP contribution is 2.40. The van der Waals surface area contributed by atoms with Crippen LogP contribution in [0.2, 0.25) is 5.02 Å². The van der Waals surface area contributed by atoms with Crippen LogP contribution in [0.1, 0.15) is 46.9 Å². The largest absolute Gasteiger partial charge is 0.494 e. The van der Waals surface area contributed by atoms with Crippen LogP contribution in [0.25, 0.3) is 16.9 Å². The van der Waals surface area contributed by atoms with Crippen molar-refractivity contribution in [2.45, 2.75) is 32.1 Å². The number of benzene rings is 1. The van der Waals surface area contributed by atoms with Gasteiger partial charge in [-0.25, -0.2) is 9.97 Å². The van der Waals surface area contributed by atoms with Gasteiger partial charge in [-0.15, -0.1) is 0 Å². The molecule has 7 nitrogen and oxygen atoms in total. The van der Waals surface area contributed by atoms with Gasteiger partial charge in [0.05, 0.1) is 23.3 Å². The SMILES string of the molecule is Cc1nn(-c2ccccn2)c2nc(C3CC3)cc(C(=O)N(C)CCCOc3ccc(Cl)cc3)c12. The summed E-state index contributed by atoms with van der Waals surface area (Å²) in [5.41, 5.74) is 3.04. The molecule has 5 rings (SSSR count). The Morgan fingerprint density at radius 1 is 1.21 bits per heavy atom. The number of pyridine rings is 2. The maximum Gasteiger partial charge on any atom is 0.254 e. The summed E-state index contributed by atoms with van der Waals surface area (Å²) in [5, 5.41) is 6.15. The maximum absolute atomic E-state index is 13.5. The fourth-order valence-corrected chi connectivity index (χ4v) is 4.16. The zero-order valence-corrected chi connectivity index (χ0v) is 20.0. The van der Waals surface area contributed by atoms with E-state index < -0.39 is 0 Å². The number of amides is 1. The Morgan fingerprint density at radius 2 is 2.00 bits per heavy atom. The van der Waals surface area contributed by atoms with Gasteiger partial charge in [0, 0.05) is 36.4 Å². The lowest BCUT2D eigenvalue weighted by molar-refractivity contribution is 0.0789. The number of hydrogen-bond acceptors (Lipinski definition) is 5. The van der Waals surface area contributed by atoms with E-state index in [1.54, 1.807) is 27.9 Å². The second-order valence-corrected chi connectivity index (χ2v) is 9.07. The van der Waals surface area contributed by atoms with E-state index in [1.165, 1.54) is 0 Å². The molecule has 1 saturated carbocycles. The van der Waals surface area contributed by atoms with Crippen molar-refractivity contribution in [2.75, 3.05) is 20.2 Å². The van der Waals surface area contributed by atoms with Crippen molar-refractivity contribution < 1.29 is 9.53 Å². The molecule has 34 heavy (non-hydrogen) atoms. The van der Waals surface area contributed by atoms with Gasteiger partial charge in [0.1, 0.15) is 5.75 Å². The highest BCUT2D eigenvalue weighted by Gasteiger charge is 2.29. The standard InChI is InChI=1S/C26H26ClN5O2/c1-17-24-21(26(33)31(2)14-5-15-34-20-11-9-19(27)10-12-20)16-22(18-7-8-18)29-25(24)32(30-17)23-6-3-4-13-28-23/h3-4,6,9-13,16,18H,5,7-8,14-15H2,1-2H3. The molecule has 1 aliphatic carbocycles. The molecule has 0 atom stereocenters. The number of fused-ring (bicyclic) bond motifs is 1. The number of aryl methyl sites for hydroxylation is 1. The van der Waals surface area contributed by atoms with Crippen molar-refractivity contribution in [3.63, 3.8) is 0 Å². The highest BCUT2D eigenvalue weighted by molar-refractivity contribution is 6.30. The van der Waals surface area contributed by atoms with Gasteiger partial charge in [-0.3, -0.25) is 4.79 Å². The summed E-state index contributed by atoms with van der Waals surface area (Å²) in [4.78, 5) is 24.6. The third-order valence-corrected chi connectivity index (χ3v) is 6.24. The second-order valence-electron chi connectivity index (χ2n) is 8.64. The second kappa shape index (κ2) is 9.43. The lowest BCUT2D eigenvalue weighted by atomic mass is 10.1. The number of aromatic nitrogens is 4. The lowest BCUT2D eigenvalue weighted by Crippen LogP contribution is -2.29. The molecule has 0 bridgehead atoms. The van der Waals surface area contributed by atoms with E-state index in [4.69, 9.17) is 21.3 Å². The molecule has 3 heterocycles. The third kappa shape index (κ3) is 4.61. The minimum absolute atomic E-state index is 0.0375. The van der Waals surface area contributed by atoms with E-state index in [2.05, 4.69) is 10.1 Å². The van der Waals surface area contributed by atoms with Gasteiger partial charge in [-0.05, 0) is 68.7 Å². The number of rotatable bonds is 8. The summed E-state index contributed by atoms with van der Waals surface area (Å²) in [7, 11) is 1.83. The Labute approximate surface area is 203 Å². The Bertz CT molecular complexity index is 1320. The monoisotopic (exact) mass is 475 g/mol. The molecule has 1 amide bonds. The first-order valence-electron chi connectivity index (χ1n) is 11.5. The first kappa shape index (κ1) is 22.3. The zero-order valence-electron chi connectivity index (χ0n) is 19.2. The third-order valence-electron chi connectivity index (χ3n) is 5.99. The quantitative estimate of drug-likeness (QED) is 0.328. The van der Waals surface area contributed by atoms with E-state index in [1.807, 2.05) is 50.4 Å². The van der Waals surface area contributed by atoms with Crippen LogP contribution in [0.15, 0.2) is 54.7 Å². The molecule has 1 aliphatic rings. The molecule has 0 N–H and O–H groups in total. The van der Waals surface area contributed by atoms with Crippen LogP contribution in [-0.2, 0) is 0 Å². The average Bonchev–Trinajstić information content (AvgIpc) is 3.66. The Morgan fingerprint density at radius 3 is 2.71 bits per heavy atom. The minimum Gasteiger partial charge on any atom is -0.494 e. The van der Waals surface area contributed by atoms with Crippen LogP contribution >= 0.6 is 11.6 Å². The van der Waals surface area contributed by atoms with E-state index in [9.17, 15) is 4.79 Å². The van der Waals surface area contributed by atoms with Crippen molar-refractivity contribution in [1.29, 1.82) is 0 Å². The molecule has 3 aromatic heterocycles. The molecule has 0 unspecified atom stereocenters. The molecule has 1 aromatic carbocycles. The van der Waals surface area contributed by atoms with Crippen LogP contribution in [0.3, 0.4) is 0 Å². The molecule has 1 fully saturated rings. The van der Waals surface area contributed by atoms with Gasteiger partial charge in [0.15, 0.2) is 11.5 Å². The molecule has 0 saturated heterocycles. The topological polar surface area (TPSA) is 73.1 Å². The number of nitrogens with zero attached hydrogens (tertiary/aromatic N) is 5. The van der Waals surface area contributed by atoms with Crippen molar-refractivity contribution >= 4 is 28.5 Å². The molecule has 8 heteroatoms. The van der Waals surface area contributed by atoms with Crippen molar-refractivity contribution in [3.05, 3.63) is 76.7 Å². The van der Waals surface area contributed by atoms with Crippen LogP contribution in [0, 0.1) is 6.92 Å². The summed E-state index contributed by atoms with van der Waals surface area (Å²) in [6.07, 6.45) is 4.64. The number of carbonyl (C=O) groups excluding carboxylic acids is 1. The molecular weight excluding hydrogens is 450 g/mol. The number of hydrogen-bond donors (Lipinski definition) is 0. The summed E-state index contributed by atoms with van der Waals surface area (Å²) < 4.78 is 7.51. The predicted octanol–water partition coefficient (Wildman–Crippen LogP) is 5.20. The smallest absolute Gasteiger partial charge is 0.254 e. The summed E-state index contributed by atoms with van der Waals surface area (Å²) in [6, 6.07) is 14.9. The minimum atomic E-state index is -0.0375. The van der Waals surface area contributed by atoms with Gasteiger partial charge < -0.3 is 9.64 Å². The van der Waals surface area contributed by atoms with Crippen molar-refractivity contribution in [2.24, 2.45) is 0 Å². The molecule has 0 radical (unpaired) electrons. The van der Waals surface area contributed by atoms with Crippen molar-refractivity contribution in [3.8, 4) is 11.6 Å². The maximum atomic E-state index is 13.5. The fourth-order valence-electron chi connectivity index (χ4n) is 4.03. The van der Waals surface area contributed by atoms with Crippen LogP contribution in [0.4, 0.5) is 0 Å². The summed E-state index contributed by atoms with van der Waals surface area (Å²) >= 11 is 5.92. The normalized spacial score (nSPS) is 13.3.